The SMILES string of the molecule is COc1cc(C(=O)Nc2cc(-c3nc4cc(C)c(C)cc4o3)ccc2C)cc(OC)c1OC. The zero-order chi connectivity index (χ0) is 23.7. The zero-order valence-corrected chi connectivity index (χ0v) is 19.5. The molecule has 1 aromatic heterocycles. The fourth-order valence-electron chi connectivity index (χ4n) is 3.60. The maximum absolute atomic E-state index is 13.1. The van der Waals surface area contributed by atoms with Crippen LogP contribution in [0, 0.1) is 20.8 Å². The Bertz CT molecular complexity index is 1290. The third-order valence-electron chi connectivity index (χ3n) is 5.66. The number of nitrogens with zero attached hydrogens (tertiary/aromatic N) is 1. The molecule has 0 fully saturated rings. The van der Waals surface area contributed by atoms with Crippen LogP contribution in [0.5, 0.6) is 17.2 Å². The Kier molecular flexibility index (Phi) is 5.96. The summed E-state index contributed by atoms with van der Waals surface area (Å²) in [6.45, 7) is 6.01. The Labute approximate surface area is 192 Å². The molecule has 0 aliphatic heterocycles. The van der Waals surface area contributed by atoms with E-state index in [1.807, 2.05) is 51.1 Å². The first-order chi connectivity index (χ1) is 15.8. The monoisotopic (exact) mass is 446 g/mol. The molecular weight excluding hydrogens is 420 g/mol. The lowest BCUT2D eigenvalue weighted by molar-refractivity contribution is 0.102. The standard InChI is InChI=1S/C26H26N2O5/c1-14-7-8-17(26-28-20-9-15(2)16(3)10-21(20)33-26)11-19(14)27-25(29)18-12-22(30-4)24(32-6)23(13-18)31-5/h7-13H,1-6H3,(H,27,29). The van der Waals surface area contributed by atoms with Crippen LogP contribution >= 0.6 is 0 Å². The minimum Gasteiger partial charge on any atom is -0.493 e. The van der Waals surface area contributed by atoms with Crippen molar-refractivity contribution in [3.8, 4) is 28.7 Å². The summed E-state index contributed by atoms with van der Waals surface area (Å²) in [5.74, 6) is 1.43. The molecule has 0 aliphatic rings. The summed E-state index contributed by atoms with van der Waals surface area (Å²) in [4.78, 5) is 17.7. The number of fused-ring (bicyclic) bond motifs is 1. The number of hydrogen-bond acceptors (Lipinski definition) is 6. The maximum Gasteiger partial charge on any atom is 0.255 e. The number of rotatable bonds is 6. The lowest BCUT2D eigenvalue weighted by atomic mass is 10.1. The number of anilines is 1. The van der Waals surface area contributed by atoms with Crippen LogP contribution in [-0.4, -0.2) is 32.2 Å². The second-order valence-electron chi connectivity index (χ2n) is 7.82. The number of aryl methyl sites for hydroxylation is 3. The highest BCUT2D eigenvalue weighted by Gasteiger charge is 2.18. The van der Waals surface area contributed by atoms with Crippen LogP contribution in [0.1, 0.15) is 27.0 Å². The molecule has 0 atom stereocenters. The van der Waals surface area contributed by atoms with Crippen LogP contribution in [0.25, 0.3) is 22.6 Å². The molecule has 7 heteroatoms. The average Bonchev–Trinajstić information content (AvgIpc) is 3.22. The Morgan fingerprint density at radius 3 is 2.15 bits per heavy atom. The number of carbonyl (C=O) groups is 1. The van der Waals surface area contributed by atoms with Gasteiger partial charge in [0.1, 0.15) is 5.52 Å². The highest BCUT2D eigenvalue weighted by Crippen LogP contribution is 2.38. The minimum atomic E-state index is -0.307. The Morgan fingerprint density at radius 2 is 1.52 bits per heavy atom. The first-order valence-electron chi connectivity index (χ1n) is 10.4. The van der Waals surface area contributed by atoms with Crippen LogP contribution in [0.4, 0.5) is 5.69 Å². The number of nitrogens with one attached hydrogen (secondary N) is 1. The molecule has 1 heterocycles. The molecule has 0 unspecified atom stereocenters. The van der Waals surface area contributed by atoms with E-state index >= 15 is 0 Å². The molecule has 33 heavy (non-hydrogen) atoms. The van der Waals surface area contributed by atoms with E-state index in [0.717, 1.165) is 33.4 Å². The van der Waals surface area contributed by atoms with Gasteiger partial charge in [-0.05, 0) is 73.9 Å². The minimum absolute atomic E-state index is 0.307. The molecule has 4 rings (SSSR count). The van der Waals surface area contributed by atoms with Crippen LogP contribution < -0.4 is 19.5 Å². The van der Waals surface area contributed by atoms with Gasteiger partial charge in [-0.25, -0.2) is 4.98 Å². The van der Waals surface area contributed by atoms with Gasteiger partial charge in [0.15, 0.2) is 17.1 Å². The van der Waals surface area contributed by atoms with E-state index < -0.39 is 0 Å². The largest absolute Gasteiger partial charge is 0.493 e. The van der Waals surface area contributed by atoms with Crippen molar-refractivity contribution in [2.75, 3.05) is 26.6 Å². The van der Waals surface area contributed by atoms with Crippen molar-refractivity contribution in [3.05, 3.63) is 64.7 Å². The van der Waals surface area contributed by atoms with E-state index in [1.165, 1.54) is 21.3 Å². The fourth-order valence-corrected chi connectivity index (χ4v) is 3.60. The van der Waals surface area contributed by atoms with Gasteiger partial charge in [0.05, 0.1) is 21.3 Å². The smallest absolute Gasteiger partial charge is 0.255 e. The number of oxazole rings is 1. The van der Waals surface area contributed by atoms with Gasteiger partial charge in [-0.15, -0.1) is 0 Å². The normalized spacial score (nSPS) is 10.8. The summed E-state index contributed by atoms with van der Waals surface area (Å²) in [7, 11) is 4.54. The predicted molar refractivity (Wildman–Crippen MR) is 128 cm³/mol. The van der Waals surface area contributed by atoms with Crippen molar-refractivity contribution >= 4 is 22.7 Å². The first kappa shape index (κ1) is 22.2. The molecule has 1 N–H and O–H groups in total. The molecule has 0 spiro atoms. The van der Waals surface area contributed by atoms with E-state index in [9.17, 15) is 4.79 Å². The van der Waals surface area contributed by atoms with Crippen molar-refractivity contribution in [1.82, 2.24) is 4.98 Å². The summed E-state index contributed by atoms with van der Waals surface area (Å²) < 4.78 is 22.0. The quantitative estimate of drug-likeness (QED) is 0.409. The van der Waals surface area contributed by atoms with Gasteiger partial charge >= 0.3 is 0 Å². The van der Waals surface area contributed by atoms with Crippen molar-refractivity contribution < 1.29 is 23.4 Å². The number of amides is 1. The van der Waals surface area contributed by atoms with Crippen molar-refractivity contribution in [1.29, 1.82) is 0 Å². The molecule has 0 radical (unpaired) electrons. The molecule has 0 bridgehead atoms. The molecule has 170 valence electrons. The number of benzene rings is 3. The number of hydrogen-bond donors (Lipinski definition) is 1. The van der Waals surface area contributed by atoms with Crippen molar-refractivity contribution in [2.24, 2.45) is 0 Å². The van der Waals surface area contributed by atoms with E-state index in [1.54, 1.807) is 12.1 Å². The van der Waals surface area contributed by atoms with Gasteiger partial charge in [-0.2, -0.15) is 0 Å². The zero-order valence-electron chi connectivity index (χ0n) is 19.5. The second kappa shape index (κ2) is 8.86. The van der Waals surface area contributed by atoms with Crippen LogP contribution in [0.15, 0.2) is 46.9 Å². The summed E-state index contributed by atoms with van der Waals surface area (Å²) in [6, 6.07) is 12.9. The molecule has 4 aromatic rings. The topological polar surface area (TPSA) is 82.8 Å². The summed E-state index contributed by atoms with van der Waals surface area (Å²) in [5, 5.41) is 2.97. The Morgan fingerprint density at radius 1 is 0.848 bits per heavy atom. The van der Waals surface area contributed by atoms with Crippen molar-refractivity contribution in [3.63, 3.8) is 0 Å². The average molecular weight is 447 g/mol. The predicted octanol–water partition coefficient (Wildman–Crippen LogP) is 5.70. The first-order valence-corrected chi connectivity index (χ1v) is 10.4. The number of methoxy groups -OCH3 is 3. The van der Waals surface area contributed by atoms with E-state index in [-0.39, 0.29) is 5.91 Å². The Balaban J connectivity index is 1.67. The van der Waals surface area contributed by atoms with Gasteiger partial charge in [-0.3, -0.25) is 4.79 Å². The molecule has 1 amide bonds. The summed E-state index contributed by atoms with van der Waals surface area (Å²) in [5.41, 5.74) is 6.54. The third kappa shape index (κ3) is 4.22. The van der Waals surface area contributed by atoms with E-state index in [0.29, 0.717) is 34.4 Å². The molecule has 0 saturated carbocycles. The third-order valence-corrected chi connectivity index (χ3v) is 5.66. The van der Waals surface area contributed by atoms with Gasteiger partial charge in [0.2, 0.25) is 11.6 Å². The highest BCUT2D eigenvalue weighted by atomic mass is 16.5. The van der Waals surface area contributed by atoms with Crippen LogP contribution in [0.2, 0.25) is 0 Å². The fraction of sp³-hybridized carbons (Fsp3) is 0.231. The molecule has 0 saturated heterocycles. The number of ether oxygens (including phenoxy) is 3. The molecule has 7 nitrogen and oxygen atoms in total. The van der Waals surface area contributed by atoms with Crippen molar-refractivity contribution in [2.45, 2.75) is 20.8 Å². The lowest BCUT2D eigenvalue weighted by Gasteiger charge is -2.15. The number of aromatic nitrogens is 1. The number of carbonyl (C=O) groups excluding carboxylic acids is 1. The lowest BCUT2D eigenvalue weighted by Crippen LogP contribution is -2.13. The highest BCUT2D eigenvalue weighted by molar-refractivity contribution is 6.05. The molecule has 0 aliphatic carbocycles. The van der Waals surface area contributed by atoms with Gasteiger partial charge in [0.25, 0.3) is 5.91 Å². The van der Waals surface area contributed by atoms with E-state index in [4.69, 9.17) is 18.6 Å². The van der Waals surface area contributed by atoms with Gasteiger partial charge < -0.3 is 23.9 Å². The van der Waals surface area contributed by atoms with E-state index in [2.05, 4.69) is 10.3 Å². The summed E-state index contributed by atoms with van der Waals surface area (Å²) >= 11 is 0. The summed E-state index contributed by atoms with van der Waals surface area (Å²) in [6.07, 6.45) is 0. The second-order valence-corrected chi connectivity index (χ2v) is 7.82. The van der Waals surface area contributed by atoms with Gasteiger partial charge in [-0.1, -0.05) is 6.07 Å². The Hall–Kier alpha value is -4.00. The maximum atomic E-state index is 13.1. The molecular formula is C26H26N2O5. The van der Waals surface area contributed by atoms with Crippen LogP contribution in [-0.2, 0) is 0 Å². The van der Waals surface area contributed by atoms with Crippen LogP contribution in [0.3, 0.4) is 0 Å². The van der Waals surface area contributed by atoms with Gasteiger partial charge in [0, 0.05) is 16.8 Å². The molecule has 3 aromatic carbocycles.